The Balaban J connectivity index is 2.46. The van der Waals surface area contributed by atoms with Crippen molar-refractivity contribution in [3.8, 4) is 0 Å². The monoisotopic (exact) mass is 253 g/mol. The molecule has 2 unspecified atom stereocenters. The fourth-order valence-electron chi connectivity index (χ4n) is 2.41. The minimum atomic E-state index is -1.09. The van der Waals surface area contributed by atoms with E-state index in [1.165, 1.54) is 0 Å². The lowest BCUT2D eigenvalue weighted by molar-refractivity contribution is -0.136. The zero-order valence-corrected chi connectivity index (χ0v) is 10.5. The Hall–Kier alpha value is -0.900. The van der Waals surface area contributed by atoms with Crippen LogP contribution in [0.5, 0.6) is 0 Å². The molecule has 2 rings (SSSR count). The van der Waals surface area contributed by atoms with Gasteiger partial charge in [-0.3, -0.25) is 4.79 Å². The molecule has 92 valence electrons. The number of nitrogens with two attached hydrogens (primary N) is 1. The second-order valence-electron chi connectivity index (χ2n) is 4.76. The minimum absolute atomic E-state index is 0.301. The molecule has 3 N–H and O–H groups in total. The molecule has 0 saturated heterocycles. The first-order valence-corrected chi connectivity index (χ1v) is 6.10. The summed E-state index contributed by atoms with van der Waals surface area (Å²) in [5, 5.41) is 10.2. The number of halogens is 1. The number of rotatable bonds is 1. The van der Waals surface area contributed by atoms with E-state index in [0.29, 0.717) is 23.4 Å². The van der Waals surface area contributed by atoms with Gasteiger partial charge in [-0.25, -0.2) is 0 Å². The largest absolute Gasteiger partial charge is 0.385 e. The third kappa shape index (κ3) is 2.23. The van der Waals surface area contributed by atoms with Crippen molar-refractivity contribution in [2.45, 2.75) is 37.8 Å². The number of aliphatic hydroxyl groups is 1. The van der Waals surface area contributed by atoms with Gasteiger partial charge in [0.15, 0.2) is 5.78 Å². The number of carbonyl (C=O) groups is 1. The van der Waals surface area contributed by atoms with Crippen LogP contribution < -0.4 is 5.73 Å². The Bertz CT molecular complexity index is 440. The highest BCUT2D eigenvalue weighted by Gasteiger charge is 2.42. The summed E-state index contributed by atoms with van der Waals surface area (Å²) in [6.07, 6.45) is 0.850. The Morgan fingerprint density at radius 3 is 2.82 bits per heavy atom. The summed E-state index contributed by atoms with van der Waals surface area (Å²) < 4.78 is 0. The number of hydrogen-bond acceptors (Lipinski definition) is 3. The zero-order valence-electron chi connectivity index (χ0n) is 9.74. The van der Waals surface area contributed by atoms with Crippen LogP contribution in [-0.2, 0) is 10.3 Å². The minimum Gasteiger partial charge on any atom is -0.385 e. The molecule has 1 aromatic carbocycles. The third-order valence-corrected chi connectivity index (χ3v) is 3.57. The molecule has 1 aliphatic carbocycles. The van der Waals surface area contributed by atoms with Gasteiger partial charge in [0.2, 0.25) is 0 Å². The maximum atomic E-state index is 12.1. The molecular formula is C13H16ClNO2. The van der Waals surface area contributed by atoms with Crippen molar-refractivity contribution in [2.24, 2.45) is 5.73 Å². The van der Waals surface area contributed by atoms with E-state index in [1.54, 1.807) is 6.07 Å². The van der Waals surface area contributed by atoms with Crippen molar-refractivity contribution in [1.29, 1.82) is 0 Å². The number of Topliss-reactive ketones (excluding diaryl/α,β-unsaturated/α-hetero) is 1. The number of carbonyl (C=O) groups excluding carboxylic acids is 1. The molecule has 17 heavy (non-hydrogen) atoms. The summed E-state index contributed by atoms with van der Waals surface area (Å²) in [7, 11) is 0. The van der Waals surface area contributed by atoms with Crippen molar-refractivity contribution < 1.29 is 9.90 Å². The summed E-state index contributed by atoms with van der Waals surface area (Å²) in [5.41, 5.74) is 6.76. The van der Waals surface area contributed by atoms with E-state index in [-0.39, 0.29) is 5.78 Å². The van der Waals surface area contributed by atoms with Gasteiger partial charge in [-0.1, -0.05) is 17.7 Å². The van der Waals surface area contributed by atoms with Gasteiger partial charge < -0.3 is 10.8 Å². The van der Waals surface area contributed by atoms with Gasteiger partial charge in [-0.2, -0.15) is 0 Å². The van der Waals surface area contributed by atoms with E-state index in [9.17, 15) is 9.90 Å². The van der Waals surface area contributed by atoms with E-state index >= 15 is 0 Å². The van der Waals surface area contributed by atoms with Gasteiger partial charge in [0.1, 0.15) is 11.6 Å². The van der Waals surface area contributed by atoms with Crippen LogP contribution in [0.2, 0.25) is 5.02 Å². The molecule has 0 spiro atoms. The number of benzene rings is 1. The predicted octanol–water partition coefficient (Wildman–Crippen LogP) is 1.92. The van der Waals surface area contributed by atoms with Crippen molar-refractivity contribution in [1.82, 2.24) is 0 Å². The molecule has 2 atom stereocenters. The molecule has 0 aromatic heterocycles. The van der Waals surface area contributed by atoms with E-state index in [4.69, 9.17) is 17.3 Å². The molecule has 1 aliphatic rings. The second kappa shape index (κ2) is 4.41. The summed E-state index contributed by atoms with van der Waals surface area (Å²) >= 11 is 5.99. The number of hydrogen-bond donors (Lipinski definition) is 2. The molecule has 0 aliphatic heterocycles. The van der Waals surface area contributed by atoms with Gasteiger partial charge in [0.05, 0.1) is 0 Å². The summed E-state index contributed by atoms with van der Waals surface area (Å²) in [6.45, 7) is 1.91. The summed E-state index contributed by atoms with van der Waals surface area (Å²) in [6, 6.07) is 5.39. The molecule has 1 aromatic rings. The Kier molecular flexibility index (Phi) is 3.25. The number of ketones is 1. The predicted molar refractivity (Wildman–Crippen MR) is 66.9 cm³/mol. The summed E-state index contributed by atoms with van der Waals surface area (Å²) in [4.78, 5) is 12.1. The van der Waals surface area contributed by atoms with Crippen LogP contribution in [-0.4, -0.2) is 17.0 Å². The quantitative estimate of drug-likeness (QED) is 0.804. The van der Waals surface area contributed by atoms with Crippen molar-refractivity contribution >= 4 is 17.4 Å². The molecule has 0 amide bonds. The topological polar surface area (TPSA) is 63.3 Å². The highest BCUT2D eigenvalue weighted by atomic mass is 35.5. The van der Waals surface area contributed by atoms with E-state index in [0.717, 1.165) is 12.0 Å². The van der Waals surface area contributed by atoms with Gasteiger partial charge in [0.25, 0.3) is 0 Å². The van der Waals surface area contributed by atoms with E-state index in [2.05, 4.69) is 0 Å². The fraction of sp³-hybridized carbons (Fsp3) is 0.462. The normalized spacial score (nSPS) is 29.4. The standard InChI is InChI=1S/C13H16ClNO2/c1-8-5-9(7-10(14)6-8)13(15)4-2-3-11(16)12(13)17/h5-7,11,16H,2-4,15H2,1H3. The summed E-state index contributed by atoms with van der Waals surface area (Å²) in [5.74, 6) is -0.301. The van der Waals surface area contributed by atoms with Crippen LogP contribution in [0.1, 0.15) is 30.4 Å². The lowest BCUT2D eigenvalue weighted by atomic mass is 9.75. The molecule has 0 bridgehead atoms. The highest BCUT2D eigenvalue weighted by molar-refractivity contribution is 6.30. The average Bonchev–Trinajstić information content (AvgIpc) is 2.24. The van der Waals surface area contributed by atoms with Crippen LogP contribution in [0.15, 0.2) is 18.2 Å². The van der Waals surface area contributed by atoms with Crippen molar-refractivity contribution in [3.63, 3.8) is 0 Å². The first-order chi connectivity index (χ1) is 7.93. The van der Waals surface area contributed by atoms with Crippen LogP contribution in [0.25, 0.3) is 0 Å². The molecule has 1 saturated carbocycles. The molecular weight excluding hydrogens is 238 g/mol. The van der Waals surface area contributed by atoms with Crippen LogP contribution >= 0.6 is 11.6 Å². The Labute approximate surface area is 106 Å². The highest BCUT2D eigenvalue weighted by Crippen LogP contribution is 2.34. The molecule has 3 nitrogen and oxygen atoms in total. The van der Waals surface area contributed by atoms with Crippen molar-refractivity contribution in [2.75, 3.05) is 0 Å². The zero-order chi connectivity index (χ0) is 12.6. The lowest BCUT2D eigenvalue weighted by Crippen LogP contribution is -2.52. The van der Waals surface area contributed by atoms with Gasteiger partial charge in [0, 0.05) is 5.02 Å². The van der Waals surface area contributed by atoms with E-state index < -0.39 is 11.6 Å². The average molecular weight is 254 g/mol. The lowest BCUT2D eigenvalue weighted by Gasteiger charge is -2.35. The SMILES string of the molecule is Cc1cc(Cl)cc(C2(N)CCCC(O)C2=O)c1. The Morgan fingerprint density at radius 1 is 1.47 bits per heavy atom. The molecule has 1 fully saturated rings. The van der Waals surface area contributed by atoms with Crippen molar-refractivity contribution in [3.05, 3.63) is 34.3 Å². The first kappa shape index (κ1) is 12.6. The van der Waals surface area contributed by atoms with Crippen LogP contribution in [0.3, 0.4) is 0 Å². The fourth-order valence-corrected chi connectivity index (χ4v) is 2.70. The van der Waals surface area contributed by atoms with E-state index in [1.807, 2.05) is 19.1 Å². The number of aliphatic hydroxyl groups excluding tert-OH is 1. The maximum absolute atomic E-state index is 12.1. The first-order valence-electron chi connectivity index (χ1n) is 5.72. The molecule has 0 radical (unpaired) electrons. The molecule has 0 heterocycles. The van der Waals surface area contributed by atoms with Gasteiger partial charge in [-0.15, -0.1) is 0 Å². The third-order valence-electron chi connectivity index (χ3n) is 3.35. The Morgan fingerprint density at radius 2 is 2.18 bits per heavy atom. The second-order valence-corrected chi connectivity index (χ2v) is 5.20. The maximum Gasteiger partial charge on any atom is 0.185 e. The smallest absolute Gasteiger partial charge is 0.185 e. The van der Waals surface area contributed by atoms with Gasteiger partial charge in [-0.05, 0) is 49.4 Å². The molecule has 4 heteroatoms. The van der Waals surface area contributed by atoms with Crippen LogP contribution in [0.4, 0.5) is 0 Å². The van der Waals surface area contributed by atoms with Gasteiger partial charge >= 0.3 is 0 Å². The number of aryl methyl sites for hydroxylation is 1. The van der Waals surface area contributed by atoms with Crippen LogP contribution in [0, 0.1) is 6.92 Å².